The van der Waals surface area contributed by atoms with Crippen LogP contribution in [-0.2, 0) is 4.79 Å². The van der Waals surface area contributed by atoms with Crippen molar-refractivity contribution in [2.24, 2.45) is 0 Å². The van der Waals surface area contributed by atoms with Gasteiger partial charge in [-0.15, -0.1) is 5.10 Å². The Bertz CT molecular complexity index is 933. The number of imide groups is 1. The number of thioether (sulfide) groups is 1. The van der Waals surface area contributed by atoms with Crippen LogP contribution in [0.25, 0.3) is 0 Å². The van der Waals surface area contributed by atoms with Crippen LogP contribution in [-0.4, -0.2) is 50.1 Å². The third-order valence-electron chi connectivity index (χ3n) is 3.48. The van der Waals surface area contributed by atoms with Crippen LogP contribution < -0.4 is 5.32 Å². The third kappa shape index (κ3) is 3.62. The van der Waals surface area contributed by atoms with Gasteiger partial charge in [0.05, 0.1) is 31.2 Å². The van der Waals surface area contributed by atoms with Crippen molar-refractivity contribution >= 4 is 81.8 Å². The van der Waals surface area contributed by atoms with Crippen molar-refractivity contribution < 1.29 is 14.4 Å². The van der Waals surface area contributed by atoms with Crippen LogP contribution in [0.2, 0.25) is 20.1 Å². The summed E-state index contributed by atoms with van der Waals surface area (Å²) < 4.78 is 0. The predicted molar refractivity (Wildman–Crippen MR) is 103 cm³/mol. The highest BCUT2D eigenvalue weighted by atomic mass is 35.5. The third-order valence-corrected chi connectivity index (χ3v) is 6.01. The zero-order chi connectivity index (χ0) is 19.9. The number of aromatic amines is 1. The number of rotatable bonds is 5. The van der Waals surface area contributed by atoms with E-state index in [0.29, 0.717) is 10.1 Å². The maximum atomic E-state index is 12.6. The number of benzene rings is 1. The minimum Gasteiger partial charge on any atom is -0.293 e. The lowest BCUT2D eigenvalue weighted by atomic mass is 10.1. The van der Waals surface area contributed by atoms with E-state index in [2.05, 4.69) is 20.5 Å². The Labute approximate surface area is 176 Å². The van der Waals surface area contributed by atoms with E-state index in [9.17, 15) is 14.4 Å². The van der Waals surface area contributed by atoms with E-state index in [1.807, 2.05) is 6.92 Å². The zero-order valence-electron chi connectivity index (χ0n) is 13.4. The summed E-state index contributed by atoms with van der Waals surface area (Å²) in [5.74, 6) is -1.41. The molecule has 0 bridgehead atoms. The second kappa shape index (κ2) is 7.84. The molecule has 27 heavy (non-hydrogen) atoms. The van der Waals surface area contributed by atoms with Crippen LogP contribution in [0.3, 0.4) is 0 Å². The summed E-state index contributed by atoms with van der Waals surface area (Å²) >= 11 is 25.3. The largest absolute Gasteiger partial charge is 0.293 e. The van der Waals surface area contributed by atoms with Crippen LogP contribution >= 0.6 is 58.2 Å². The second-order valence-corrected chi connectivity index (χ2v) is 7.89. The van der Waals surface area contributed by atoms with Gasteiger partial charge in [0, 0.05) is 0 Å². The highest BCUT2D eigenvalue weighted by Crippen LogP contribution is 2.44. The standard InChI is InChI=1S/C14H9Cl4N5O3S/c1-2-27-14-20-13(21-22-14)19-4(24)3-23-11(25)5-6(12(23)26)8(16)10(18)9(17)7(5)15/h2-3H2,1H3,(H2,19,20,21,22,24). The Morgan fingerprint density at radius 3 is 2.15 bits per heavy atom. The Balaban J connectivity index is 1.81. The van der Waals surface area contributed by atoms with Crippen molar-refractivity contribution in [2.45, 2.75) is 12.1 Å². The number of carbonyl (C=O) groups excluding carboxylic acids is 3. The van der Waals surface area contributed by atoms with Crippen molar-refractivity contribution in [3.63, 3.8) is 0 Å². The lowest BCUT2D eigenvalue weighted by Crippen LogP contribution is -2.37. The number of halogens is 4. The molecular formula is C14H9Cl4N5O3S. The molecule has 2 aromatic rings. The van der Waals surface area contributed by atoms with E-state index in [1.165, 1.54) is 11.8 Å². The molecule has 0 aliphatic carbocycles. The molecule has 2 heterocycles. The number of fused-ring (bicyclic) bond motifs is 1. The van der Waals surface area contributed by atoms with Gasteiger partial charge in [0.25, 0.3) is 11.8 Å². The molecule has 0 saturated carbocycles. The monoisotopic (exact) mass is 467 g/mol. The van der Waals surface area contributed by atoms with Gasteiger partial charge in [-0.05, 0) is 5.75 Å². The van der Waals surface area contributed by atoms with Gasteiger partial charge in [-0.1, -0.05) is 65.1 Å². The number of hydrogen-bond donors (Lipinski definition) is 2. The molecule has 1 aromatic carbocycles. The van der Waals surface area contributed by atoms with Crippen LogP contribution in [0.1, 0.15) is 27.6 Å². The van der Waals surface area contributed by atoms with Gasteiger partial charge in [-0.2, -0.15) is 4.98 Å². The molecule has 8 nitrogen and oxygen atoms in total. The fourth-order valence-corrected chi connectivity index (χ4v) is 3.89. The van der Waals surface area contributed by atoms with Gasteiger partial charge in [0.1, 0.15) is 6.54 Å². The Hall–Kier alpha value is -1.52. The van der Waals surface area contributed by atoms with Crippen molar-refractivity contribution in [1.29, 1.82) is 0 Å². The summed E-state index contributed by atoms with van der Waals surface area (Å²) in [4.78, 5) is 42.1. The molecule has 0 fully saturated rings. The number of amides is 3. The van der Waals surface area contributed by atoms with Crippen molar-refractivity contribution in [3.05, 3.63) is 31.2 Å². The van der Waals surface area contributed by atoms with Gasteiger partial charge >= 0.3 is 0 Å². The molecule has 0 atom stereocenters. The Morgan fingerprint density at radius 2 is 1.63 bits per heavy atom. The minimum absolute atomic E-state index is 0.0923. The number of nitrogens with one attached hydrogen (secondary N) is 2. The quantitative estimate of drug-likeness (QED) is 0.299. The first kappa shape index (κ1) is 20.2. The first-order valence-electron chi connectivity index (χ1n) is 7.33. The number of carbonyl (C=O) groups is 3. The number of anilines is 1. The van der Waals surface area contributed by atoms with E-state index in [0.717, 1.165) is 5.75 Å². The molecule has 3 rings (SSSR count). The molecular weight excluding hydrogens is 460 g/mol. The molecule has 0 radical (unpaired) electrons. The average Bonchev–Trinajstić information content (AvgIpc) is 3.15. The van der Waals surface area contributed by atoms with Crippen LogP contribution in [0.5, 0.6) is 0 Å². The Kier molecular flexibility index (Phi) is 5.87. The lowest BCUT2D eigenvalue weighted by Gasteiger charge is -2.12. The summed E-state index contributed by atoms with van der Waals surface area (Å²) in [5, 5.41) is 8.64. The molecule has 0 saturated heterocycles. The van der Waals surface area contributed by atoms with E-state index < -0.39 is 24.3 Å². The molecule has 1 aromatic heterocycles. The number of aromatic nitrogens is 3. The minimum atomic E-state index is -0.796. The summed E-state index contributed by atoms with van der Waals surface area (Å²) in [6.07, 6.45) is 0. The summed E-state index contributed by atoms with van der Waals surface area (Å²) in [7, 11) is 0. The highest BCUT2D eigenvalue weighted by Gasteiger charge is 2.42. The van der Waals surface area contributed by atoms with Crippen molar-refractivity contribution in [1.82, 2.24) is 20.1 Å². The Morgan fingerprint density at radius 1 is 1.07 bits per heavy atom. The molecule has 0 spiro atoms. The van der Waals surface area contributed by atoms with Gasteiger partial charge in [-0.3, -0.25) is 24.6 Å². The highest BCUT2D eigenvalue weighted by molar-refractivity contribution is 7.99. The summed E-state index contributed by atoms with van der Waals surface area (Å²) in [6.45, 7) is 1.35. The second-order valence-electron chi connectivity index (χ2n) is 5.15. The lowest BCUT2D eigenvalue weighted by molar-refractivity contribution is -0.116. The SMILES string of the molecule is CCSc1n[nH]c(NC(=O)CN2C(=O)c3c(Cl)c(Cl)c(Cl)c(Cl)c3C2=O)n1. The van der Waals surface area contributed by atoms with Crippen LogP contribution in [0.15, 0.2) is 5.16 Å². The number of nitrogens with zero attached hydrogens (tertiary/aromatic N) is 3. The van der Waals surface area contributed by atoms with Crippen LogP contribution in [0, 0.1) is 0 Å². The van der Waals surface area contributed by atoms with E-state index in [-0.39, 0.29) is 37.2 Å². The maximum absolute atomic E-state index is 12.6. The maximum Gasteiger partial charge on any atom is 0.263 e. The zero-order valence-corrected chi connectivity index (χ0v) is 17.2. The van der Waals surface area contributed by atoms with Crippen molar-refractivity contribution in [3.8, 4) is 0 Å². The fraction of sp³-hybridized carbons (Fsp3) is 0.214. The van der Waals surface area contributed by atoms with Crippen LogP contribution in [0.4, 0.5) is 5.95 Å². The topological polar surface area (TPSA) is 108 Å². The molecule has 2 N–H and O–H groups in total. The van der Waals surface area contributed by atoms with E-state index in [4.69, 9.17) is 46.4 Å². The summed E-state index contributed by atoms with van der Waals surface area (Å²) in [6, 6.07) is 0. The van der Waals surface area contributed by atoms with E-state index in [1.54, 1.807) is 0 Å². The molecule has 1 aliphatic heterocycles. The van der Waals surface area contributed by atoms with Gasteiger partial charge < -0.3 is 0 Å². The predicted octanol–water partition coefficient (Wildman–Crippen LogP) is 3.77. The molecule has 0 unspecified atom stereocenters. The first-order valence-corrected chi connectivity index (χ1v) is 9.83. The number of H-pyrrole nitrogens is 1. The van der Waals surface area contributed by atoms with Gasteiger partial charge in [-0.25, -0.2) is 5.10 Å². The first-order chi connectivity index (χ1) is 12.8. The van der Waals surface area contributed by atoms with Crippen molar-refractivity contribution in [2.75, 3.05) is 17.6 Å². The van der Waals surface area contributed by atoms with Gasteiger partial charge in [0.2, 0.25) is 17.0 Å². The normalized spacial score (nSPS) is 13.3. The number of hydrogen-bond acceptors (Lipinski definition) is 6. The molecule has 1 aliphatic rings. The average molecular weight is 469 g/mol. The molecule has 3 amide bonds. The summed E-state index contributed by atoms with van der Waals surface area (Å²) in [5.41, 5.74) is -0.370. The smallest absolute Gasteiger partial charge is 0.263 e. The fourth-order valence-electron chi connectivity index (χ4n) is 2.35. The molecule has 13 heteroatoms. The molecule has 142 valence electrons. The van der Waals surface area contributed by atoms with E-state index >= 15 is 0 Å². The van der Waals surface area contributed by atoms with Gasteiger partial charge in [0.15, 0.2) is 0 Å².